The molecule has 5 N–H and O–H groups in total. The van der Waals surface area contributed by atoms with E-state index in [0.29, 0.717) is 17.2 Å². The van der Waals surface area contributed by atoms with Gasteiger partial charge in [0, 0.05) is 19.7 Å². The van der Waals surface area contributed by atoms with Crippen LogP contribution in [-0.4, -0.2) is 30.7 Å². The average molecular weight is 249 g/mol. The van der Waals surface area contributed by atoms with Crippen molar-refractivity contribution in [2.75, 3.05) is 30.3 Å². The lowest BCUT2D eigenvalue weighted by Gasteiger charge is -2.21. The van der Waals surface area contributed by atoms with E-state index in [0.717, 1.165) is 31.6 Å². The van der Waals surface area contributed by atoms with Crippen molar-refractivity contribution < 1.29 is 9.90 Å². The summed E-state index contributed by atoms with van der Waals surface area (Å²) in [5, 5.41) is 8.95. The number of aliphatic hydroxyl groups excluding tert-OH is 1. The minimum absolute atomic E-state index is 0.218. The van der Waals surface area contributed by atoms with E-state index in [4.69, 9.17) is 16.6 Å². The number of benzene rings is 1. The Bertz CT molecular complexity index is 448. The molecule has 1 fully saturated rings. The monoisotopic (exact) mass is 249 g/mol. The molecule has 0 spiro atoms. The Labute approximate surface area is 106 Å². The third kappa shape index (κ3) is 2.41. The summed E-state index contributed by atoms with van der Waals surface area (Å²) in [6.45, 7) is 1.99. The lowest BCUT2D eigenvalue weighted by Crippen LogP contribution is -2.23. The van der Waals surface area contributed by atoms with E-state index in [9.17, 15) is 4.79 Å². The standard InChI is InChI=1S/C13H19N3O2/c14-12-10(13(15)18)2-1-3-11(12)16-6-4-9(8-16)5-7-17/h1-3,9,17H,4-8,14H2,(H2,15,18). The molecule has 1 aliphatic heterocycles. The molecule has 1 amide bonds. The van der Waals surface area contributed by atoms with Crippen molar-refractivity contribution in [2.24, 2.45) is 11.7 Å². The summed E-state index contributed by atoms with van der Waals surface area (Å²) in [5.41, 5.74) is 13.0. The van der Waals surface area contributed by atoms with Gasteiger partial charge in [-0.3, -0.25) is 4.79 Å². The van der Waals surface area contributed by atoms with Crippen LogP contribution in [0.3, 0.4) is 0 Å². The highest BCUT2D eigenvalue weighted by Gasteiger charge is 2.24. The van der Waals surface area contributed by atoms with Crippen LogP contribution in [-0.2, 0) is 0 Å². The normalized spacial score (nSPS) is 19.2. The molecule has 2 rings (SSSR count). The van der Waals surface area contributed by atoms with Gasteiger partial charge in [0.1, 0.15) is 0 Å². The van der Waals surface area contributed by atoms with Crippen molar-refractivity contribution in [3.8, 4) is 0 Å². The van der Waals surface area contributed by atoms with Gasteiger partial charge in [0.2, 0.25) is 0 Å². The van der Waals surface area contributed by atoms with Gasteiger partial charge in [-0.2, -0.15) is 0 Å². The fourth-order valence-electron chi connectivity index (χ4n) is 2.51. The van der Waals surface area contributed by atoms with E-state index in [2.05, 4.69) is 4.90 Å². The summed E-state index contributed by atoms with van der Waals surface area (Å²) < 4.78 is 0. The maximum absolute atomic E-state index is 11.2. The summed E-state index contributed by atoms with van der Waals surface area (Å²) in [6, 6.07) is 5.34. The first-order chi connectivity index (χ1) is 8.63. The largest absolute Gasteiger partial charge is 0.396 e. The molecule has 1 aromatic rings. The zero-order chi connectivity index (χ0) is 13.1. The Morgan fingerprint density at radius 3 is 2.94 bits per heavy atom. The van der Waals surface area contributed by atoms with Crippen molar-refractivity contribution >= 4 is 17.3 Å². The van der Waals surface area contributed by atoms with Crippen molar-refractivity contribution in [2.45, 2.75) is 12.8 Å². The smallest absolute Gasteiger partial charge is 0.250 e. The van der Waals surface area contributed by atoms with Gasteiger partial charge in [0.25, 0.3) is 5.91 Å². The molecule has 1 atom stereocenters. The molecule has 0 bridgehead atoms. The highest BCUT2D eigenvalue weighted by Crippen LogP contribution is 2.31. The number of nitrogen functional groups attached to an aromatic ring is 1. The van der Waals surface area contributed by atoms with Crippen LogP contribution in [0.4, 0.5) is 11.4 Å². The molecule has 98 valence electrons. The van der Waals surface area contributed by atoms with Crippen LogP contribution in [0.25, 0.3) is 0 Å². The lowest BCUT2D eigenvalue weighted by molar-refractivity contribution is 0.100. The number of anilines is 2. The molecule has 5 heteroatoms. The van der Waals surface area contributed by atoms with Crippen LogP contribution in [0.5, 0.6) is 0 Å². The SMILES string of the molecule is NC(=O)c1cccc(N2CCC(CCO)C2)c1N. The highest BCUT2D eigenvalue weighted by molar-refractivity contribution is 6.00. The molecule has 0 aromatic heterocycles. The van der Waals surface area contributed by atoms with E-state index in [-0.39, 0.29) is 6.61 Å². The van der Waals surface area contributed by atoms with E-state index < -0.39 is 5.91 Å². The number of rotatable bonds is 4. The van der Waals surface area contributed by atoms with E-state index in [1.807, 2.05) is 6.07 Å². The first kappa shape index (κ1) is 12.7. The van der Waals surface area contributed by atoms with Gasteiger partial charge in [-0.1, -0.05) is 6.07 Å². The lowest BCUT2D eigenvalue weighted by atomic mass is 10.1. The Hall–Kier alpha value is -1.75. The summed E-state index contributed by atoms with van der Waals surface area (Å²) in [6.07, 6.45) is 1.85. The first-order valence-electron chi connectivity index (χ1n) is 6.17. The Balaban J connectivity index is 2.19. The van der Waals surface area contributed by atoms with Crippen molar-refractivity contribution in [1.82, 2.24) is 0 Å². The van der Waals surface area contributed by atoms with Gasteiger partial charge in [-0.25, -0.2) is 0 Å². The third-order valence-electron chi connectivity index (χ3n) is 3.51. The number of aliphatic hydroxyl groups is 1. The van der Waals surface area contributed by atoms with Gasteiger partial charge < -0.3 is 21.5 Å². The zero-order valence-electron chi connectivity index (χ0n) is 10.3. The van der Waals surface area contributed by atoms with Crippen LogP contribution < -0.4 is 16.4 Å². The quantitative estimate of drug-likeness (QED) is 0.680. The molecule has 0 saturated carbocycles. The Morgan fingerprint density at radius 1 is 1.50 bits per heavy atom. The summed E-state index contributed by atoms with van der Waals surface area (Å²) in [4.78, 5) is 13.4. The van der Waals surface area contributed by atoms with Gasteiger partial charge in [-0.05, 0) is 30.9 Å². The summed E-state index contributed by atoms with van der Waals surface area (Å²) in [7, 11) is 0. The van der Waals surface area contributed by atoms with Crippen molar-refractivity contribution in [3.63, 3.8) is 0 Å². The second-order valence-corrected chi connectivity index (χ2v) is 4.72. The predicted octanol–water partition coefficient (Wildman–Crippen LogP) is 0.576. The molecule has 18 heavy (non-hydrogen) atoms. The molecular weight excluding hydrogens is 230 g/mol. The van der Waals surface area contributed by atoms with Crippen LogP contribution in [0, 0.1) is 5.92 Å². The second-order valence-electron chi connectivity index (χ2n) is 4.72. The molecule has 1 unspecified atom stereocenters. The molecule has 1 heterocycles. The Morgan fingerprint density at radius 2 is 2.28 bits per heavy atom. The van der Waals surface area contributed by atoms with Gasteiger partial charge in [0.15, 0.2) is 0 Å². The highest BCUT2D eigenvalue weighted by atomic mass is 16.3. The predicted molar refractivity (Wildman–Crippen MR) is 71.4 cm³/mol. The number of primary amides is 1. The molecule has 0 aliphatic carbocycles. The van der Waals surface area contributed by atoms with Crippen molar-refractivity contribution in [1.29, 1.82) is 0 Å². The third-order valence-corrected chi connectivity index (χ3v) is 3.51. The second kappa shape index (κ2) is 5.27. The number of nitrogens with two attached hydrogens (primary N) is 2. The molecule has 5 nitrogen and oxygen atoms in total. The fraction of sp³-hybridized carbons (Fsp3) is 0.462. The number of amides is 1. The topological polar surface area (TPSA) is 92.6 Å². The molecule has 1 aromatic carbocycles. The first-order valence-corrected chi connectivity index (χ1v) is 6.17. The van der Waals surface area contributed by atoms with Gasteiger partial charge >= 0.3 is 0 Å². The summed E-state index contributed by atoms with van der Waals surface area (Å²) >= 11 is 0. The molecule has 1 saturated heterocycles. The summed E-state index contributed by atoms with van der Waals surface area (Å²) in [5.74, 6) is -0.00732. The number of carbonyl (C=O) groups is 1. The number of hydrogen-bond donors (Lipinski definition) is 3. The maximum atomic E-state index is 11.2. The molecule has 0 radical (unpaired) electrons. The average Bonchev–Trinajstić information content (AvgIpc) is 2.78. The van der Waals surface area contributed by atoms with Crippen molar-refractivity contribution in [3.05, 3.63) is 23.8 Å². The molecular formula is C13H19N3O2. The maximum Gasteiger partial charge on any atom is 0.250 e. The molecule has 1 aliphatic rings. The van der Waals surface area contributed by atoms with E-state index in [1.54, 1.807) is 12.1 Å². The minimum atomic E-state index is -0.500. The van der Waals surface area contributed by atoms with Crippen LogP contribution in [0.1, 0.15) is 23.2 Å². The Kier molecular flexibility index (Phi) is 3.72. The van der Waals surface area contributed by atoms with Crippen LogP contribution in [0.2, 0.25) is 0 Å². The number of hydrogen-bond acceptors (Lipinski definition) is 4. The van der Waals surface area contributed by atoms with E-state index >= 15 is 0 Å². The minimum Gasteiger partial charge on any atom is -0.396 e. The zero-order valence-corrected chi connectivity index (χ0v) is 10.3. The van der Waals surface area contributed by atoms with E-state index in [1.165, 1.54) is 0 Å². The number of para-hydroxylation sites is 1. The van der Waals surface area contributed by atoms with Crippen LogP contribution in [0.15, 0.2) is 18.2 Å². The van der Waals surface area contributed by atoms with Crippen LogP contribution >= 0.6 is 0 Å². The number of nitrogens with zero attached hydrogens (tertiary/aromatic N) is 1. The van der Waals surface area contributed by atoms with Gasteiger partial charge in [-0.15, -0.1) is 0 Å². The fourth-order valence-corrected chi connectivity index (χ4v) is 2.51. The number of carbonyl (C=O) groups excluding carboxylic acids is 1. The van der Waals surface area contributed by atoms with Gasteiger partial charge in [0.05, 0.1) is 16.9 Å².